The van der Waals surface area contributed by atoms with Gasteiger partial charge in [0, 0.05) is 12.1 Å². The van der Waals surface area contributed by atoms with Gasteiger partial charge in [-0.15, -0.1) is 0 Å². The van der Waals surface area contributed by atoms with E-state index in [1.54, 1.807) is 0 Å². The number of esters is 1. The molecule has 7 heteroatoms. The average Bonchev–Trinajstić information content (AvgIpc) is 3.23. The molecule has 3 rings (SSSR count). The van der Waals surface area contributed by atoms with E-state index in [2.05, 4.69) is 34.3 Å². The maximum absolute atomic E-state index is 12.5. The third kappa shape index (κ3) is 3.28. The fraction of sp³-hybridized carbons (Fsp3) is 0.421. The molecule has 2 unspecified atom stereocenters. The summed E-state index contributed by atoms with van der Waals surface area (Å²) >= 11 is 0. The van der Waals surface area contributed by atoms with Crippen LogP contribution < -0.4 is 10.6 Å². The zero-order chi connectivity index (χ0) is 18.7. The molecule has 0 aromatic heterocycles. The molecule has 0 aliphatic carbocycles. The fourth-order valence-electron chi connectivity index (χ4n) is 3.42. The number of likely N-dealkylation sites (tertiary alicyclic amines) is 1. The minimum atomic E-state index is -0.837. The van der Waals surface area contributed by atoms with Crippen molar-refractivity contribution in [2.45, 2.75) is 24.8 Å². The van der Waals surface area contributed by atoms with E-state index in [0.717, 1.165) is 18.7 Å². The number of carbonyl (C=O) groups excluding carboxylic acids is 3. The van der Waals surface area contributed by atoms with Gasteiger partial charge >= 0.3 is 12.0 Å². The second-order valence-electron chi connectivity index (χ2n) is 6.43. The highest BCUT2D eigenvalue weighted by molar-refractivity contribution is 6.05. The van der Waals surface area contributed by atoms with Crippen LogP contribution in [0.1, 0.15) is 24.5 Å². The first-order valence-electron chi connectivity index (χ1n) is 8.53. The first-order chi connectivity index (χ1) is 12.5. The highest BCUT2D eigenvalue weighted by atomic mass is 16.5. The van der Waals surface area contributed by atoms with E-state index in [-0.39, 0.29) is 5.97 Å². The summed E-state index contributed by atoms with van der Waals surface area (Å²) in [5, 5.41) is 4.57. The minimum absolute atomic E-state index is 0.224. The lowest BCUT2D eigenvalue weighted by Crippen LogP contribution is -2.39. The standard InChI is InChI=1S/C19H21N3O4/c1-3-22-11-10-19(12-22,17(24)26-2)14-7-4-13(5-8-14)6-9-15-16(23)21-18(25)20-15/h4-5,7-8,15H,3,10-12H2,1-2H3,(H2,20,21,23,25). The Kier molecular flexibility index (Phi) is 4.96. The van der Waals surface area contributed by atoms with Gasteiger partial charge in [-0.2, -0.15) is 0 Å². The SMILES string of the molecule is CCN1CCC(C(=O)OC)(c2ccc(C#CC3NC(=O)NC3=O)cc2)C1. The number of amides is 3. The van der Waals surface area contributed by atoms with Crippen LogP contribution in [0.4, 0.5) is 4.79 Å². The number of imide groups is 1. The Hall–Kier alpha value is -2.85. The van der Waals surface area contributed by atoms with Crippen molar-refractivity contribution in [2.75, 3.05) is 26.7 Å². The third-order valence-electron chi connectivity index (χ3n) is 4.94. The maximum Gasteiger partial charge on any atom is 0.322 e. The van der Waals surface area contributed by atoms with E-state index in [1.807, 2.05) is 24.3 Å². The molecule has 1 aromatic carbocycles. The van der Waals surface area contributed by atoms with E-state index in [4.69, 9.17) is 4.74 Å². The van der Waals surface area contributed by atoms with Crippen LogP contribution in [0, 0.1) is 11.8 Å². The van der Waals surface area contributed by atoms with Gasteiger partial charge in [0.25, 0.3) is 5.91 Å². The predicted octanol–water partition coefficient (Wildman–Crippen LogP) is 0.383. The number of hydrogen-bond acceptors (Lipinski definition) is 5. The number of urea groups is 1. The summed E-state index contributed by atoms with van der Waals surface area (Å²) in [6.07, 6.45) is 0.715. The summed E-state index contributed by atoms with van der Waals surface area (Å²) in [4.78, 5) is 37.3. The van der Waals surface area contributed by atoms with Crippen LogP contribution in [0.25, 0.3) is 0 Å². The van der Waals surface area contributed by atoms with Crippen molar-refractivity contribution < 1.29 is 19.1 Å². The van der Waals surface area contributed by atoms with Crippen molar-refractivity contribution in [1.29, 1.82) is 0 Å². The fourth-order valence-corrected chi connectivity index (χ4v) is 3.42. The van der Waals surface area contributed by atoms with Gasteiger partial charge in [-0.1, -0.05) is 30.9 Å². The zero-order valence-electron chi connectivity index (χ0n) is 14.8. The Morgan fingerprint density at radius 2 is 2.08 bits per heavy atom. The van der Waals surface area contributed by atoms with Gasteiger partial charge in [0.2, 0.25) is 0 Å². The largest absolute Gasteiger partial charge is 0.468 e. The van der Waals surface area contributed by atoms with Crippen molar-refractivity contribution in [2.24, 2.45) is 0 Å². The van der Waals surface area contributed by atoms with Crippen LogP contribution in [0.5, 0.6) is 0 Å². The summed E-state index contributed by atoms with van der Waals surface area (Å²) in [6.45, 7) is 4.45. The minimum Gasteiger partial charge on any atom is -0.468 e. The summed E-state index contributed by atoms with van der Waals surface area (Å²) < 4.78 is 5.07. The monoisotopic (exact) mass is 355 g/mol. The Labute approximate surface area is 152 Å². The summed E-state index contributed by atoms with van der Waals surface area (Å²) in [5.74, 6) is 4.94. The highest BCUT2D eigenvalue weighted by Gasteiger charge is 2.46. The Morgan fingerprint density at radius 3 is 2.62 bits per heavy atom. The van der Waals surface area contributed by atoms with Crippen LogP contribution in [-0.2, 0) is 19.7 Å². The van der Waals surface area contributed by atoms with Crippen molar-refractivity contribution >= 4 is 17.9 Å². The number of carbonyl (C=O) groups is 3. The smallest absolute Gasteiger partial charge is 0.322 e. The average molecular weight is 355 g/mol. The second kappa shape index (κ2) is 7.18. The van der Waals surface area contributed by atoms with E-state index < -0.39 is 23.4 Å². The molecule has 2 aliphatic heterocycles. The molecule has 0 bridgehead atoms. The molecule has 3 amide bonds. The summed E-state index contributed by atoms with van der Waals surface area (Å²) in [7, 11) is 1.42. The molecule has 2 N–H and O–H groups in total. The van der Waals surface area contributed by atoms with Crippen LogP contribution in [0.3, 0.4) is 0 Å². The number of hydrogen-bond donors (Lipinski definition) is 2. The second-order valence-corrected chi connectivity index (χ2v) is 6.43. The van der Waals surface area contributed by atoms with Crippen LogP contribution in [0.2, 0.25) is 0 Å². The lowest BCUT2D eigenvalue weighted by atomic mass is 9.79. The van der Waals surface area contributed by atoms with Gasteiger partial charge in [-0.05, 0) is 37.2 Å². The molecule has 2 heterocycles. The van der Waals surface area contributed by atoms with Gasteiger partial charge in [-0.25, -0.2) is 4.79 Å². The van der Waals surface area contributed by atoms with Crippen molar-refractivity contribution in [3.8, 4) is 11.8 Å². The molecule has 2 atom stereocenters. The Morgan fingerprint density at radius 1 is 1.35 bits per heavy atom. The molecule has 26 heavy (non-hydrogen) atoms. The van der Waals surface area contributed by atoms with Gasteiger partial charge in [0.05, 0.1) is 7.11 Å². The van der Waals surface area contributed by atoms with Gasteiger partial charge < -0.3 is 15.0 Å². The molecule has 0 saturated carbocycles. The van der Waals surface area contributed by atoms with Crippen LogP contribution >= 0.6 is 0 Å². The van der Waals surface area contributed by atoms with Crippen molar-refractivity contribution in [3.63, 3.8) is 0 Å². The van der Waals surface area contributed by atoms with E-state index >= 15 is 0 Å². The Bertz CT molecular complexity index is 793. The summed E-state index contributed by atoms with van der Waals surface area (Å²) in [5.41, 5.74) is 0.946. The summed E-state index contributed by atoms with van der Waals surface area (Å²) in [6, 6.07) is 6.02. The molecular formula is C19H21N3O4. The predicted molar refractivity (Wildman–Crippen MR) is 94.2 cm³/mol. The molecule has 2 fully saturated rings. The van der Waals surface area contributed by atoms with E-state index in [9.17, 15) is 14.4 Å². The van der Waals surface area contributed by atoms with Crippen molar-refractivity contribution in [1.82, 2.24) is 15.5 Å². The topological polar surface area (TPSA) is 87.7 Å². The normalized spacial score (nSPS) is 25.2. The third-order valence-corrected chi connectivity index (χ3v) is 4.94. The number of benzene rings is 1. The maximum atomic E-state index is 12.5. The molecule has 2 saturated heterocycles. The number of methoxy groups -OCH3 is 1. The lowest BCUT2D eigenvalue weighted by Gasteiger charge is -2.27. The van der Waals surface area contributed by atoms with E-state index in [1.165, 1.54) is 7.11 Å². The van der Waals surface area contributed by atoms with Gasteiger partial charge in [-0.3, -0.25) is 14.9 Å². The van der Waals surface area contributed by atoms with Crippen molar-refractivity contribution in [3.05, 3.63) is 35.4 Å². The van der Waals surface area contributed by atoms with Gasteiger partial charge in [0.1, 0.15) is 5.41 Å². The van der Waals surface area contributed by atoms with Crippen LogP contribution in [-0.4, -0.2) is 55.6 Å². The molecule has 2 aliphatic rings. The molecule has 136 valence electrons. The molecule has 7 nitrogen and oxygen atoms in total. The number of nitrogens with one attached hydrogen (secondary N) is 2. The highest BCUT2D eigenvalue weighted by Crippen LogP contribution is 2.36. The first-order valence-corrected chi connectivity index (χ1v) is 8.53. The lowest BCUT2D eigenvalue weighted by molar-refractivity contribution is -0.147. The van der Waals surface area contributed by atoms with E-state index in [0.29, 0.717) is 18.5 Å². The number of rotatable bonds is 3. The molecule has 1 aromatic rings. The number of nitrogens with zero attached hydrogens (tertiary/aromatic N) is 1. The molecule has 0 radical (unpaired) electrons. The first kappa shape index (κ1) is 18.0. The zero-order valence-corrected chi connectivity index (χ0v) is 14.8. The number of likely N-dealkylation sites (N-methyl/N-ethyl adjacent to an activating group) is 1. The number of ether oxygens (including phenoxy) is 1. The molecular weight excluding hydrogens is 334 g/mol. The van der Waals surface area contributed by atoms with Gasteiger partial charge in [0.15, 0.2) is 6.04 Å². The Balaban J connectivity index is 1.81. The quantitative estimate of drug-likeness (QED) is 0.465. The van der Waals surface area contributed by atoms with Crippen LogP contribution in [0.15, 0.2) is 24.3 Å². The molecule has 0 spiro atoms.